The van der Waals surface area contributed by atoms with E-state index in [1.54, 1.807) is 6.07 Å². The number of benzene rings is 3. The number of amides is 2. The molecule has 0 spiro atoms. The van der Waals surface area contributed by atoms with Crippen LogP contribution in [0.4, 0.5) is 5.69 Å². The molecular weight excluding hydrogens is 430 g/mol. The van der Waals surface area contributed by atoms with E-state index in [0.717, 1.165) is 47.8 Å². The van der Waals surface area contributed by atoms with Crippen molar-refractivity contribution in [2.45, 2.75) is 19.8 Å². The van der Waals surface area contributed by atoms with Crippen LogP contribution in [0.3, 0.4) is 0 Å². The maximum atomic E-state index is 12.8. The van der Waals surface area contributed by atoms with Crippen molar-refractivity contribution in [3.63, 3.8) is 0 Å². The molecular formula is C27H27N3O4. The molecule has 3 aromatic rings. The molecule has 1 aliphatic rings. The number of hydrogen-bond donors (Lipinski definition) is 2. The van der Waals surface area contributed by atoms with Gasteiger partial charge in [0, 0.05) is 24.7 Å². The summed E-state index contributed by atoms with van der Waals surface area (Å²) in [5.41, 5.74) is 5.27. The molecule has 4 rings (SSSR count). The number of ether oxygens (including phenoxy) is 1. The monoisotopic (exact) mass is 457 g/mol. The summed E-state index contributed by atoms with van der Waals surface area (Å²) in [6.07, 6.45) is 3.54. The molecule has 0 aromatic heterocycles. The lowest BCUT2D eigenvalue weighted by atomic mass is 10.0. The molecule has 3 aromatic carbocycles. The minimum Gasteiger partial charge on any atom is -0.465 e. The third kappa shape index (κ3) is 5.32. The van der Waals surface area contributed by atoms with Crippen molar-refractivity contribution < 1.29 is 19.1 Å². The second-order valence-corrected chi connectivity index (χ2v) is 8.27. The Morgan fingerprint density at radius 1 is 0.912 bits per heavy atom. The zero-order valence-electron chi connectivity index (χ0n) is 19.3. The van der Waals surface area contributed by atoms with Gasteiger partial charge in [-0.05, 0) is 65.9 Å². The van der Waals surface area contributed by atoms with E-state index >= 15 is 0 Å². The zero-order valence-corrected chi connectivity index (χ0v) is 19.3. The molecule has 0 radical (unpaired) electrons. The maximum absolute atomic E-state index is 12.8. The van der Waals surface area contributed by atoms with Gasteiger partial charge in [0.05, 0.1) is 18.4 Å². The Hall–Kier alpha value is -3.97. The van der Waals surface area contributed by atoms with Gasteiger partial charge in [0.25, 0.3) is 5.91 Å². The Kier molecular flexibility index (Phi) is 7.04. The highest BCUT2D eigenvalue weighted by Crippen LogP contribution is 2.23. The van der Waals surface area contributed by atoms with Crippen LogP contribution in [0.2, 0.25) is 0 Å². The summed E-state index contributed by atoms with van der Waals surface area (Å²) in [4.78, 5) is 37.7. The maximum Gasteiger partial charge on any atom is 0.339 e. The van der Waals surface area contributed by atoms with Crippen molar-refractivity contribution in [2.24, 2.45) is 0 Å². The predicted molar refractivity (Wildman–Crippen MR) is 132 cm³/mol. The minimum atomic E-state index is -0.600. The van der Waals surface area contributed by atoms with Gasteiger partial charge in [0.2, 0.25) is 5.91 Å². The summed E-state index contributed by atoms with van der Waals surface area (Å²) in [5.74, 6) is -1.30. The molecule has 1 saturated heterocycles. The van der Waals surface area contributed by atoms with Crippen LogP contribution in [0.1, 0.15) is 46.0 Å². The molecule has 2 amide bonds. The Labute approximate surface area is 198 Å². The van der Waals surface area contributed by atoms with Gasteiger partial charge in [0.15, 0.2) is 0 Å². The summed E-state index contributed by atoms with van der Waals surface area (Å²) < 4.78 is 4.84. The van der Waals surface area contributed by atoms with Crippen molar-refractivity contribution in [2.75, 3.05) is 25.5 Å². The molecule has 1 heterocycles. The zero-order chi connectivity index (χ0) is 24.1. The minimum absolute atomic E-state index is 0.172. The number of hydrazine groups is 1. The normalized spacial score (nSPS) is 14.1. The number of anilines is 1. The van der Waals surface area contributed by atoms with Gasteiger partial charge in [-0.15, -0.1) is 0 Å². The summed E-state index contributed by atoms with van der Waals surface area (Å²) in [7, 11) is 1.27. The Balaban J connectivity index is 1.56. The lowest BCUT2D eigenvalue weighted by Gasteiger charge is -2.17. The van der Waals surface area contributed by atoms with E-state index in [1.807, 2.05) is 54.4 Å². The summed E-state index contributed by atoms with van der Waals surface area (Å²) in [6.45, 7) is 3.45. The van der Waals surface area contributed by atoms with E-state index in [0.29, 0.717) is 5.56 Å². The van der Waals surface area contributed by atoms with Gasteiger partial charge in [-0.25, -0.2) is 9.80 Å². The van der Waals surface area contributed by atoms with Crippen molar-refractivity contribution in [3.8, 4) is 0 Å². The van der Waals surface area contributed by atoms with E-state index in [4.69, 9.17) is 4.74 Å². The molecule has 1 aliphatic heterocycles. The lowest BCUT2D eigenvalue weighted by Crippen LogP contribution is -2.40. The average molecular weight is 458 g/mol. The molecule has 174 valence electrons. The SMILES string of the molecule is COC(=O)c1ccc(C(=O)NN2CCCC2)cc1NC(=O)C=C(C)c1ccc2ccccc2c1. The van der Waals surface area contributed by atoms with Crippen LogP contribution < -0.4 is 10.7 Å². The van der Waals surface area contributed by atoms with Crippen LogP contribution in [-0.4, -0.2) is 43.0 Å². The van der Waals surface area contributed by atoms with Crippen molar-refractivity contribution in [1.82, 2.24) is 10.4 Å². The quantitative estimate of drug-likeness (QED) is 0.423. The number of carbonyl (C=O) groups is 3. The molecule has 7 nitrogen and oxygen atoms in total. The molecule has 0 bridgehead atoms. The molecule has 0 saturated carbocycles. The smallest absolute Gasteiger partial charge is 0.339 e. The number of carbonyl (C=O) groups excluding carboxylic acids is 3. The number of fused-ring (bicyclic) bond motifs is 1. The van der Waals surface area contributed by atoms with Crippen LogP contribution in [0.15, 0.2) is 66.7 Å². The van der Waals surface area contributed by atoms with Crippen LogP contribution in [-0.2, 0) is 9.53 Å². The third-order valence-electron chi connectivity index (χ3n) is 5.86. The first-order chi connectivity index (χ1) is 16.4. The predicted octanol–water partition coefficient (Wildman–Crippen LogP) is 4.41. The van der Waals surface area contributed by atoms with E-state index in [2.05, 4.69) is 10.7 Å². The average Bonchev–Trinajstić information content (AvgIpc) is 3.36. The van der Waals surface area contributed by atoms with Crippen molar-refractivity contribution in [1.29, 1.82) is 0 Å². The molecule has 0 unspecified atom stereocenters. The van der Waals surface area contributed by atoms with E-state index in [1.165, 1.54) is 25.3 Å². The van der Waals surface area contributed by atoms with Crippen LogP contribution in [0, 0.1) is 0 Å². The van der Waals surface area contributed by atoms with Gasteiger partial charge in [0.1, 0.15) is 0 Å². The van der Waals surface area contributed by atoms with E-state index in [-0.39, 0.29) is 17.2 Å². The summed E-state index contributed by atoms with van der Waals surface area (Å²) >= 11 is 0. The molecule has 1 fully saturated rings. The standard InChI is InChI=1S/C27H27N3O4/c1-18(20-10-9-19-7-3-4-8-21(19)16-20)15-25(31)28-24-17-22(11-12-23(24)27(33)34-2)26(32)29-30-13-5-6-14-30/h3-4,7-12,15-17H,5-6,13-14H2,1-2H3,(H,28,31)(H,29,32). The number of rotatable bonds is 6. The highest BCUT2D eigenvalue weighted by atomic mass is 16.5. The highest BCUT2D eigenvalue weighted by molar-refractivity contribution is 6.09. The molecule has 2 N–H and O–H groups in total. The Bertz CT molecular complexity index is 1280. The number of esters is 1. The summed E-state index contributed by atoms with van der Waals surface area (Å²) in [5, 5.41) is 6.81. The number of hydrogen-bond acceptors (Lipinski definition) is 5. The Morgan fingerprint density at radius 3 is 2.35 bits per heavy atom. The van der Waals surface area contributed by atoms with E-state index in [9.17, 15) is 14.4 Å². The lowest BCUT2D eigenvalue weighted by molar-refractivity contribution is -0.111. The first kappa shape index (κ1) is 23.2. The Morgan fingerprint density at radius 2 is 1.62 bits per heavy atom. The number of allylic oxidation sites excluding steroid dienone is 1. The fraction of sp³-hybridized carbons (Fsp3) is 0.222. The van der Waals surface area contributed by atoms with Crippen LogP contribution >= 0.6 is 0 Å². The molecule has 0 atom stereocenters. The number of nitrogens with zero attached hydrogens (tertiary/aromatic N) is 1. The fourth-order valence-corrected chi connectivity index (χ4v) is 4.00. The molecule has 34 heavy (non-hydrogen) atoms. The second-order valence-electron chi connectivity index (χ2n) is 8.27. The summed E-state index contributed by atoms with van der Waals surface area (Å²) in [6, 6.07) is 18.5. The van der Waals surface area contributed by atoms with Gasteiger partial charge < -0.3 is 10.1 Å². The van der Waals surface area contributed by atoms with Gasteiger partial charge in [-0.2, -0.15) is 0 Å². The van der Waals surface area contributed by atoms with E-state index < -0.39 is 11.9 Å². The third-order valence-corrected chi connectivity index (χ3v) is 5.86. The highest BCUT2D eigenvalue weighted by Gasteiger charge is 2.19. The second kappa shape index (κ2) is 10.3. The number of methoxy groups -OCH3 is 1. The van der Waals surface area contributed by atoms with Crippen molar-refractivity contribution >= 4 is 39.8 Å². The van der Waals surface area contributed by atoms with Gasteiger partial charge in [-0.3, -0.25) is 15.0 Å². The largest absolute Gasteiger partial charge is 0.465 e. The molecule has 0 aliphatic carbocycles. The first-order valence-corrected chi connectivity index (χ1v) is 11.2. The first-order valence-electron chi connectivity index (χ1n) is 11.2. The van der Waals surface area contributed by atoms with Crippen LogP contribution in [0.5, 0.6) is 0 Å². The van der Waals surface area contributed by atoms with Gasteiger partial charge >= 0.3 is 5.97 Å². The molecule has 7 heteroatoms. The number of nitrogens with one attached hydrogen (secondary N) is 2. The van der Waals surface area contributed by atoms with Crippen molar-refractivity contribution in [3.05, 3.63) is 83.4 Å². The van der Waals surface area contributed by atoms with Gasteiger partial charge in [-0.1, -0.05) is 36.4 Å². The fourth-order valence-electron chi connectivity index (χ4n) is 4.00. The van der Waals surface area contributed by atoms with Crippen LogP contribution in [0.25, 0.3) is 16.3 Å². The topological polar surface area (TPSA) is 87.7 Å².